The molecule has 0 aliphatic rings. The molecule has 0 radical (unpaired) electrons. The van der Waals surface area contributed by atoms with Crippen LogP contribution in [0, 0.1) is 0 Å². The van der Waals surface area contributed by atoms with Crippen molar-refractivity contribution in [2.24, 2.45) is 0 Å². The first-order valence-corrected chi connectivity index (χ1v) is 7.54. The predicted octanol–water partition coefficient (Wildman–Crippen LogP) is 4.51. The van der Waals surface area contributed by atoms with Gasteiger partial charge in [0.15, 0.2) is 0 Å². The summed E-state index contributed by atoms with van der Waals surface area (Å²) < 4.78 is 6.00. The van der Waals surface area contributed by atoms with E-state index >= 15 is 0 Å². The summed E-state index contributed by atoms with van der Waals surface area (Å²) >= 11 is 3.30. The van der Waals surface area contributed by atoms with Gasteiger partial charge in [-0.25, -0.2) is 4.79 Å². The number of anilines is 1. The van der Waals surface area contributed by atoms with E-state index in [0.29, 0.717) is 5.69 Å². The zero-order valence-corrected chi connectivity index (χ0v) is 13.6. The zero-order valence-electron chi connectivity index (χ0n) is 12.0. The van der Waals surface area contributed by atoms with Gasteiger partial charge in [-0.2, -0.15) is 0 Å². The second kappa shape index (κ2) is 8.14. The van der Waals surface area contributed by atoms with E-state index in [1.165, 1.54) is 6.08 Å². The number of aliphatic carboxylic acids is 1. The second-order valence-corrected chi connectivity index (χ2v) is 5.53. The van der Waals surface area contributed by atoms with Crippen molar-refractivity contribution < 1.29 is 19.4 Å². The summed E-state index contributed by atoms with van der Waals surface area (Å²) in [6.45, 7) is 0. The van der Waals surface area contributed by atoms with Crippen LogP contribution in [0.4, 0.5) is 10.5 Å². The Morgan fingerprint density at radius 3 is 2.35 bits per heavy atom. The number of carboxylic acid groups (broad SMARTS) is 1. The maximum Gasteiger partial charge on any atom is 0.416 e. The molecule has 0 bridgehead atoms. The highest BCUT2D eigenvalue weighted by Gasteiger charge is 2.11. The molecule has 0 saturated carbocycles. The molecule has 2 N–H and O–H groups in total. The van der Waals surface area contributed by atoms with E-state index in [1.54, 1.807) is 36.4 Å². The Labute approximate surface area is 141 Å². The van der Waals surface area contributed by atoms with Crippen molar-refractivity contribution in [3.05, 3.63) is 70.4 Å². The van der Waals surface area contributed by atoms with Crippen molar-refractivity contribution in [3.63, 3.8) is 0 Å². The number of hydrogen-bond donors (Lipinski definition) is 2. The molecule has 118 valence electrons. The summed E-state index contributed by atoms with van der Waals surface area (Å²) in [6, 6.07) is 16.0. The fourth-order valence-electron chi connectivity index (χ4n) is 1.80. The number of rotatable bonds is 5. The van der Waals surface area contributed by atoms with Gasteiger partial charge in [0.05, 0.1) is 0 Å². The van der Waals surface area contributed by atoms with E-state index in [9.17, 15) is 9.59 Å². The molecule has 2 aromatic rings. The molecule has 5 nitrogen and oxygen atoms in total. The minimum Gasteiger partial charge on any atom is -0.481 e. The monoisotopic (exact) mass is 375 g/mol. The van der Waals surface area contributed by atoms with Crippen LogP contribution in [0.15, 0.2) is 64.8 Å². The van der Waals surface area contributed by atoms with Gasteiger partial charge in [0.25, 0.3) is 0 Å². The Balaban J connectivity index is 2.08. The lowest BCUT2D eigenvalue weighted by atomic mass is 10.2. The molecule has 0 heterocycles. The van der Waals surface area contributed by atoms with E-state index < -0.39 is 12.1 Å². The lowest BCUT2D eigenvalue weighted by Crippen LogP contribution is -2.14. The lowest BCUT2D eigenvalue weighted by molar-refractivity contribution is -0.136. The number of nitrogens with one attached hydrogen (secondary N) is 1. The van der Waals surface area contributed by atoms with Crippen LogP contribution in [-0.4, -0.2) is 17.2 Å². The molecular formula is C17H14BrNO4. The first-order valence-electron chi connectivity index (χ1n) is 6.75. The number of amides is 1. The van der Waals surface area contributed by atoms with Crippen molar-refractivity contribution in [2.45, 2.75) is 6.42 Å². The highest BCUT2D eigenvalue weighted by molar-refractivity contribution is 9.10. The normalized spacial score (nSPS) is 10.9. The summed E-state index contributed by atoms with van der Waals surface area (Å²) in [5.41, 5.74) is 1.30. The number of hydrogen-bond acceptors (Lipinski definition) is 3. The van der Waals surface area contributed by atoms with Gasteiger partial charge in [-0.05, 0) is 35.9 Å². The van der Waals surface area contributed by atoms with E-state index in [0.717, 1.165) is 10.0 Å². The number of carbonyl (C=O) groups is 2. The highest BCUT2D eigenvalue weighted by Crippen LogP contribution is 2.16. The van der Waals surface area contributed by atoms with Gasteiger partial charge >= 0.3 is 12.1 Å². The largest absolute Gasteiger partial charge is 0.481 e. The minimum absolute atomic E-state index is 0.0540. The maximum absolute atomic E-state index is 11.9. The van der Waals surface area contributed by atoms with E-state index in [-0.39, 0.29) is 12.2 Å². The first kappa shape index (κ1) is 16.8. The summed E-state index contributed by atoms with van der Waals surface area (Å²) in [5.74, 6) is -1.03. The van der Waals surface area contributed by atoms with Gasteiger partial charge in [0.1, 0.15) is 12.2 Å². The summed E-state index contributed by atoms with van der Waals surface area (Å²) in [4.78, 5) is 22.8. The molecule has 0 unspecified atom stereocenters. The van der Waals surface area contributed by atoms with E-state index in [2.05, 4.69) is 21.2 Å². The van der Waals surface area contributed by atoms with Gasteiger partial charge in [0.2, 0.25) is 0 Å². The predicted molar refractivity (Wildman–Crippen MR) is 90.9 cm³/mol. The van der Waals surface area contributed by atoms with Crippen LogP contribution >= 0.6 is 15.9 Å². The molecule has 0 aliphatic carbocycles. The van der Waals surface area contributed by atoms with Crippen LogP contribution < -0.4 is 5.32 Å². The standard InChI is InChI=1S/C17H14BrNO4/c18-13-6-8-14(9-7-13)19-17(22)23-15(11-16(20)21)10-12-4-2-1-3-5-12/h1-10H,11H2,(H,19,22)(H,20,21)/b15-10+. The molecule has 23 heavy (non-hydrogen) atoms. The lowest BCUT2D eigenvalue weighted by Gasteiger charge is -2.09. The van der Waals surface area contributed by atoms with Crippen LogP contribution in [-0.2, 0) is 9.53 Å². The van der Waals surface area contributed by atoms with Crippen molar-refractivity contribution in [1.29, 1.82) is 0 Å². The number of ether oxygens (including phenoxy) is 1. The fraction of sp³-hybridized carbons (Fsp3) is 0.0588. The van der Waals surface area contributed by atoms with Gasteiger partial charge in [-0.15, -0.1) is 0 Å². The summed E-state index contributed by atoms with van der Waals surface area (Å²) in [7, 11) is 0. The Bertz CT molecular complexity index is 711. The quantitative estimate of drug-likeness (QED) is 0.753. The molecule has 0 aliphatic heterocycles. The Morgan fingerprint density at radius 2 is 1.74 bits per heavy atom. The second-order valence-electron chi connectivity index (χ2n) is 4.61. The molecular weight excluding hydrogens is 362 g/mol. The zero-order chi connectivity index (χ0) is 16.7. The molecule has 0 aromatic heterocycles. The summed E-state index contributed by atoms with van der Waals surface area (Å²) in [5, 5.41) is 11.5. The molecule has 1 amide bonds. The number of halogens is 1. The van der Waals surface area contributed by atoms with Crippen LogP contribution in [0.1, 0.15) is 12.0 Å². The third kappa shape index (κ3) is 5.96. The number of benzene rings is 2. The molecule has 0 fully saturated rings. The molecule has 0 saturated heterocycles. The Morgan fingerprint density at radius 1 is 1.09 bits per heavy atom. The van der Waals surface area contributed by atoms with Crippen LogP contribution in [0.2, 0.25) is 0 Å². The molecule has 0 spiro atoms. The first-order chi connectivity index (χ1) is 11.0. The topological polar surface area (TPSA) is 75.6 Å². The SMILES string of the molecule is O=C(O)C/C(=C\c1ccccc1)OC(=O)Nc1ccc(Br)cc1. The average molecular weight is 376 g/mol. The summed E-state index contributed by atoms with van der Waals surface area (Å²) in [6.07, 6.45) is 0.397. The molecule has 2 aromatic carbocycles. The van der Waals surface area contributed by atoms with Gasteiger partial charge in [-0.3, -0.25) is 10.1 Å². The van der Waals surface area contributed by atoms with Gasteiger partial charge in [0, 0.05) is 10.2 Å². The minimum atomic E-state index is -1.08. The van der Waals surface area contributed by atoms with Crippen molar-refractivity contribution in [3.8, 4) is 0 Å². The highest BCUT2D eigenvalue weighted by atomic mass is 79.9. The molecule has 6 heteroatoms. The Hall–Kier alpha value is -2.60. The maximum atomic E-state index is 11.9. The van der Waals surface area contributed by atoms with Crippen molar-refractivity contribution in [2.75, 3.05) is 5.32 Å². The number of carbonyl (C=O) groups excluding carboxylic acids is 1. The van der Waals surface area contributed by atoms with Gasteiger partial charge < -0.3 is 9.84 Å². The van der Waals surface area contributed by atoms with Gasteiger partial charge in [-0.1, -0.05) is 46.3 Å². The third-order valence-electron chi connectivity index (χ3n) is 2.77. The van der Waals surface area contributed by atoms with Crippen LogP contribution in [0.5, 0.6) is 0 Å². The smallest absolute Gasteiger partial charge is 0.416 e. The fourth-order valence-corrected chi connectivity index (χ4v) is 2.06. The van der Waals surface area contributed by atoms with E-state index in [1.807, 2.05) is 18.2 Å². The average Bonchev–Trinajstić information content (AvgIpc) is 2.50. The third-order valence-corrected chi connectivity index (χ3v) is 3.30. The van der Waals surface area contributed by atoms with Crippen LogP contribution in [0.25, 0.3) is 6.08 Å². The van der Waals surface area contributed by atoms with Crippen LogP contribution in [0.3, 0.4) is 0 Å². The molecule has 0 atom stereocenters. The molecule has 2 rings (SSSR count). The van der Waals surface area contributed by atoms with Crippen molar-refractivity contribution in [1.82, 2.24) is 0 Å². The number of carboxylic acids is 1. The Kier molecular flexibility index (Phi) is 5.94. The van der Waals surface area contributed by atoms with E-state index in [4.69, 9.17) is 9.84 Å². The van der Waals surface area contributed by atoms with Crippen molar-refractivity contribution >= 4 is 39.8 Å².